The van der Waals surface area contributed by atoms with Gasteiger partial charge in [-0.2, -0.15) is 0 Å². The topological polar surface area (TPSA) is 21.1 Å². The lowest BCUT2D eigenvalue weighted by molar-refractivity contribution is 0.265. The number of nitrogens with zero attached hydrogens (tertiary/aromatic N) is 3. The molecule has 0 amide bonds. The first kappa shape index (κ1) is 16.2. The monoisotopic (exact) mass is 315 g/mol. The van der Waals surface area contributed by atoms with E-state index in [2.05, 4.69) is 21.4 Å². The van der Waals surface area contributed by atoms with Crippen LogP contribution < -0.4 is 0 Å². The van der Waals surface area contributed by atoms with E-state index in [4.69, 9.17) is 0 Å². The van der Waals surface area contributed by atoms with Gasteiger partial charge < -0.3 is 4.57 Å². The molecule has 4 heteroatoms. The van der Waals surface area contributed by atoms with Gasteiger partial charge in [0.05, 0.1) is 12.0 Å². The van der Waals surface area contributed by atoms with Gasteiger partial charge in [0.25, 0.3) is 0 Å². The van der Waals surface area contributed by atoms with Crippen molar-refractivity contribution in [2.24, 2.45) is 5.92 Å². The molecule has 1 aromatic carbocycles. The summed E-state index contributed by atoms with van der Waals surface area (Å²) in [5, 5.41) is 0. The van der Waals surface area contributed by atoms with Crippen molar-refractivity contribution >= 4 is 0 Å². The highest BCUT2D eigenvalue weighted by atomic mass is 19.1. The van der Waals surface area contributed by atoms with Crippen LogP contribution in [0.2, 0.25) is 0 Å². The van der Waals surface area contributed by atoms with Crippen molar-refractivity contribution < 1.29 is 4.39 Å². The van der Waals surface area contributed by atoms with E-state index < -0.39 is 0 Å². The van der Waals surface area contributed by atoms with E-state index in [1.807, 2.05) is 24.7 Å². The van der Waals surface area contributed by atoms with Crippen LogP contribution >= 0.6 is 0 Å². The number of likely N-dealkylation sites (tertiary alicyclic amines) is 1. The van der Waals surface area contributed by atoms with Crippen molar-refractivity contribution in [3.8, 4) is 0 Å². The zero-order valence-corrected chi connectivity index (χ0v) is 13.9. The molecule has 2 aromatic rings. The summed E-state index contributed by atoms with van der Waals surface area (Å²) in [4.78, 5) is 6.87. The van der Waals surface area contributed by atoms with Crippen molar-refractivity contribution in [1.29, 1.82) is 0 Å². The first-order valence-corrected chi connectivity index (χ1v) is 8.70. The molecule has 23 heavy (non-hydrogen) atoms. The smallest absolute Gasteiger partial charge is 0.123 e. The van der Waals surface area contributed by atoms with Gasteiger partial charge in [0.2, 0.25) is 0 Å². The second-order valence-electron chi connectivity index (χ2n) is 6.62. The lowest BCUT2D eigenvalue weighted by atomic mass is 9.98. The van der Waals surface area contributed by atoms with Gasteiger partial charge in [-0.1, -0.05) is 25.5 Å². The van der Waals surface area contributed by atoms with Gasteiger partial charge in [0, 0.05) is 19.3 Å². The quantitative estimate of drug-likeness (QED) is 0.829. The van der Waals surface area contributed by atoms with E-state index in [9.17, 15) is 4.39 Å². The maximum Gasteiger partial charge on any atom is 0.123 e. The van der Waals surface area contributed by atoms with E-state index in [0.717, 1.165) is 24.6 Å². The van der Waals surface area contributed by atoms with E-state index in [1.165, 1.54) is 56.6 Å². The first-order valence-electron chi connectivity index (χ1n) is 8.70. The molecule has 0 radical (unpaired) electrons. The Labute approximate surface area is 138 Å². The summed E-state index contributed by atoms with van der Waals surface area (Å²) in [6.07, 6.45) is 9.11. The second kappa shape index (κ2) is 7.73. The Morgan fingerprint density at radius 2 is 1.96 bits per heavy atom. The first-order chi connectivity index (χ1) is 11.2. The predicted octanol–water partition coefficient (Wildman–Crippen LogP) is 4.08. The van der Waals surface area contributed by atoms with Crippen LogP contribution in [0.1, 0.15) is 43.9 Å². The summed E-state index contributed by atoms with van der Waals surface area (Å²) in [6.45, 7) is 6.37. The third-order valence-electron chi connectivity index (χ3n) is 4.97. The van der Waals surface area contributed by atoms with Crippen LogP contribution in [0.15, 0.2) is 36.8 Å². The molecule has 0 saturated carbocycles. The molecule has 0 N–H and O–H groups in total. The van der Waals surface area contributed by atoms with Gasteiger partial charge in [-0.05, 0) is 56.0 Å². The third kappa shape index (κ3) is 4.41. The molecule has 1 unspecified atom stereocenters. The normalized spacial score (nSPS) is 19.7. The van der Waals surface area contributed by atoms with Crippen molar-refractivity contribution in [3.63, 3.8) is 0 Å². The van der Waals surface area contributed by atoms with Crippen molar-refractivity contribution in [3.05, 3.63) is 53.9 Å². The van der Waals surface area contributed by atoms with Crippen molar-refractivity contribution in [2.75, 3.05) is 13.1 Å². The van der Waals surface area contributed by atoms with Gasteiger partial charge in [-0.15, -0.1) is 0 Å². The Kier molecular flexibility index (Phi) is 5.44. The predicted molar refractivity (Wildman–Crippen MR) is 90.6 cm³/mol. The molecule has 1 aromatic heterocycles. The Hall–Kier alpha value is -1.68. The number of halogens is 1. The molecule has 0 bridgehead atoms. The number of hydrogen-bond donors (Lipinski definition) is 0. The Bertz CT molecular complexity index is 605. The fourth-order valence-electron chi connectivity index (χ4n) is 3.43. The lowest BCUT2D eigenvalue weighted by Crippen LogP contribution is -2.25. The number of hydrogen-bond acceptors (Lipinski definition) is 2. The molecule has 0 spiro atoms. The summed E-state index contributed by atoms with van der Waals surface area (Å²) >= 11 is 0. The molecular formula is C19H26FN3. The van der Waals surface area contributed by atoms with Crippen LogP contribution in [-0.4, -0.2) is 27.5 Å². The lowest BCUT2D eigenvalue weighted by Gasteiger charge is -2.21. The molecule has 1 fully saturated rings. The second-order valence-corrected chi connectivity index (χ2v) is 6.62. The Balaban J connectivity index is 1.63. The minimum absolute atomic E-state index is 0.186. The maximum absolute atomic E-state index is 13.0. The minimum atomic E-state index is -0.186. The largest absolute Gasteiger partial charge is 0.329 e. The standard InChI is InChI=1S/C19H26FN3/c1-2-16-4-3-10-22(11-9-16)14-19-12-21-15-23(19)13-17-5-7-18(20)8-6-17/h5-8,12,15-16H,2-4,9-11,13-14H2,1H3. The number of imidazole rings is 1. The molecule has 124 valence electrons. The number of benzene rings is 1. The Morgan fingerprint density at radius 3 is 2.74 bits per heavy atom. The zero-order chi connectivity index (χ0) is 16.1. The van der Waals surface area contributed by atoms with E-state index in [-0.39, 0.29) is 5.82 Å². The SMILES string of the molecule is CCC1CCCN(Cc2cncn2Cc2ccc(F)cc2)CC1. The average molecular weight is 315 g/mol. The van der Waals surface area contributed by atoms with Gasteiger partial charge in [0.15, 0.2) is 0 Å². The Morgan fingerprint density at radius 1 is 1.13 bits per heavy atom. The molecule has 1 aliphatic heterocycles. The van der Waals surface area contributed by atoms with Crippen LogP contribution in [-0.2, 0) is 13.1 Å². The fraction of sp³-hybridized carbons (Fsp3) is 0.526. The third-order valence-corrected chi connectivity index (χ3v) is 4.97. The number of rotatable bonds is 5. The van der Waals surface area contributed by atoms with Gasteiger partial charge in [-0.25, -0.2) is 9.37 Å². The highest BCUT2D eigenvalue weighted by molar-refractivity contribution is 5.17. The van der Waals surface area contributed by atoms with Gasteiger partial charge >= 0.3 is 0 Å². The summed E-state index contributed by atoms with van der Waals surface area (Å²) in [5.41, 5.74) is 2.34. The van der Waals surface area contributed by atoms with Crippen LogP contribution in [0.4, 0.5) is 4.39 Å². The molecular weight excluding hydrogens is 289 g/mol. The van der Waals surface area contributed by atoms with Crippen molar-refractivity contribution in [2.45, 2.75) is 45.7 Å². The fourth-order valence-corrected chi connectivity index (χ4v) is 3.43. The summed E-state index contributed by atoms with van der Waals surface area (Å²) in [5.74, 6) is 0.707. The van der Waals surface area contributed by atoms with Crippen LogP contribution in [0.25, 0.3) is 0 Å². The molecule has 1 aliphatic rings. The van der Waals surface area contributed by atoms with Gasteiger partial charge in [-0.3, -0.25) is 4.90 Å². The van der Waals surface area contributed by atoms with Crippen LogP contribution in [0.3, 0.4) is 0 Å². The summed E-state index contributed by atoms with van der Waals surface area (Å²) in [6, 6.07) is 6.73. The average Bonchev–Trinajstić information content (AvgIpc) is 2.85. The zero-order valence-electron chi connectivity index (χ0n) is 13.9. The molecule has 3 rings (SSSR count). The maximum atomic E-state index is 13.0. The number of aromatic nitrogens is 2. The highest BCUT2D eigenvalue weighted by Crippen LogP contribution is 2.21. The minimum Gasteiger partial charge on any atom is -0.329 e. The van der Waals surface area contributed by atoms with Crippen LogP contribution in [0.5, 0.6) is 0 Å². The van der Waals surface area contributed by atoms with Gasteiger partial charge in [0.1, 0.15) is 5.82 Å². The highest BCUT2D eigenvalue weighted by Gasteiger charge is 2.17. The van der Waals surface area contributed by atoms with E-state index in [1.54, 1.807) is 0 Å². The van der Waals surface area contributed by atoms with Crippen LogP contribution in [0, 0.1) is 11.7 Å². The molecule has 0 aliphatic carbocycles. The van der Waals surface area contributed by atoms with E-state index >= 15 is 0 Å². The molecule has 1 saturated heterocycles. The molecule has 1 atom stereocenters. The molecule has 3 nitrogen and oxygen atoms in total. The van der Waals surface area contributed by atoms with E-state index in [0.29, 0.717) is 0 Å². The summed E-state index contributed by atoms with van der Waals surface area (Å²) in [7, 11) is 0. The molecule has 2 heterocycles. The van der Waals surface area contributed by atoms with Crippen molar-refractivity contribution in [1.82, 2.24) is 14.5 Å². The summed E-state index contributed by atoms with van der Waals surface area (Å²) < 4.78 is 15.2.